The number of aliphatic carboxylic acids is 1. The van der Waals surface area contributed by atoms with E-state index in [-0.39, 0.29) is 11.0 Å². The van der Waals surface area contributed by atoms with Gasteiger partial charge in [-0.1, -0.05) is 0 Å². The molecule has 0 aliphatic rings. The zero-order chi connectivity index (χ0) is 11.6. The number of carbonyl (C=O) groups is 1. The van der Waals surface area contributed by atoms with Crippen LogP contribution in [0.5, 0.6) is 0 Å². The van der Waals surface area contributed by atoms with E-state index in [1.54, 1.807) is 0 Å². The third kappa shape index (κ3) is 2.77. The van der Waals surface area contributed by atoms with Gasteiger partial charge in [0.25, 0.3) is 5.56 Å². The predicted octanol–water partition coefficient (Wildman–Crippen LogP) is -1.29. The summed E-state index contributed by atoms with van der Waals surface area (Å²) in [5, 5.41) is 8.53. The minimum absolute atomic E-state index is 0.139. The summed E-state index contributed by atoms with van der Waals surface area (Å²) in [6.07, 6.45) is 1.20. The number of H-pyrrole nitrogens is 1. The van der Waals surface area contributed by atoms with E-state index in [2.05, 4.69) is 15.9 Å². The fourth-order valence-electron chi connectivity index (χ4n) is 0.908. The molecule has 0 bridgehead atoms. The maximum absolute atomic E-state index is 11.2. The van der Waals surface area contributed by atoms with E-state index in [4.69, 9.17) is 10.8 Å². The molecule has 0 aliphatic heterocycles. The Hall–Kier alpha value is -1.41. The van der Waals surface area contributed by atoms with Gasteiger partial charge in [0, 0.05) is 6.20 Å². The van der Waals surface area contributed by atoms with Crippen LogP contribution in [0.15, 0.2) is 20.3 Å². The van der Waals surface area contributed by atoms with Crippen molar-refractivity contribution in [2.24, 2.45) is 5.73 Å². The van der Waals surface area contributed by atoms with Gasteiger partial charge in [-0.2, -0.15) is 0 Å². The molecule has 0 radical (unpaired) electrons. The van der Waals surface area contributed by atoms with Crippen LogP contribution in [0.2, 0.25) is 0 Å². The molecule has 0 unspecified atom stereocenters. The Balaban J connectivity index is 3.06. The summed E-state index contributed by atoms with van der Waals surface area (Å²) in [5.41, 5.74) is 3.98. The highest BCUT2D eigenvalue weighted by Gasteiger charge is 2.13. The fourth-order valence-corrected chi connectivity index (χ4v) is 1.25. The first-order chi connectivity index (χ1) is 6.91. The molecule has 1 atom stereocenters. The number of halogens is 1. The molecule has 0 amide bonds. The number of nitrogens with zero attached hydrogens (tertiary/aromatic N) is 1. The van der Waals surface area contributed by atoms with Gasteiger partial charge in [0.15, 0.2) is 0 Å². The normalized spacial score (nSPS) is 12.4. The van der Waals surface area contributed by atoms with E-state index >= 15 is 0 Å². The largest absolute Gasteiger partial charge is 0.480 e. The van der Waals surface area contributed by atoms with Gasteiger partial charge in [-0.05, 0) is 15.9 Å². The van der Waals surface area contributed by atoms with Gasteiger partial charge in [0.05, 0.1) is 11.0 Å². The summed E-state index contributed by atoms with van der Waals surface area (Å²) in [4.78, 5) is 34.6. The molecule has 0 spiro atoms. The molecule has 0 saturated carbocycles. The van der Waals surface area contributed by atoms with Gasteiger partial charge in [0.2, 0.25) is 0 Å². The summed E-state index contributed by atoms with van der Waals surface area (Å²) in [5.74, 6) is -1.22. The highest BCUT2D eigenvalue weighted by Crippen LogP contribution is 1.98. The first kappa shape index (κ1) is 11.7. The first-order valence-electron chi connectivity index (χ1n) is 3.89. The summed E-state index contributed by atoms with van der Waals surface area (Å²) >= 11 is 2.92. The fraction of sp³-hybridized carbons (Fsp3) is 0.286. The molecule has 0 saturated heterocycles. The number of carboxylic acids is 1. The second-order valence-corrected chi connectivity index (χ2v) is 3.69. The van der Waals surface area contributed by atoms with Crippen molar-refractivity contribution in [2.75, 3.05) is 0 Å². The number of nitrogens with two attached hydrogens (primary N) is 1. The molecule has 7 nitrogen and oxygen atoms in total. The Labute approximate surface area is 91.7 Å². The van der Waals surface area contributed by atoms with Gasteiger partial charge in [-0.3, -0.25) is 19.1 Å². The van der Waals surface area contributed by atoms with Gasteiger partial charge < -0.3 is 10.8 Å². The number of aromatic nitrogens is 2. The monoisotopic (exact) mass is 277 g/mol. The lowest BCUT2D eigenvalue weighted by atomic mass is 10.3. The first-order valence-corrected chi connectivity index (χ1v) is 4.68. The Morgan fingerprint density at radius 1 is 1.67 bits per heavy atom. The van der Waals surface area contributed by atoms with Gasteiger partial charge >= 0.3 is 11.7 Å². The zero-order valence-corrected chi connectivity index (χ0v) is 9.02. The molecule has 8 heteroatoms. The summed E-state index contributed by atoms with van der Waals surface area (Å²) in [6.45, 7) is -0.205. The molecule has 1 aromatic heterocycles. The lowest BCUT2D eigenvalue weighted by Crippen LogP contribution is -2.40. The smallest absolute Gasteiger partial charge is 0.328 e. The quantitative estimate of drug-likeness (QED) is 0.635. The summed E-state index contributed by atoms with van der Waals surface area (Å²) < 4.78 is 1.16. The number of nitrogens with one attached hydrogen (secondary N) is 1. The minimum atomic E-state index is -1.22. The molecule has 1 aromatic rings. The molecular weight excluding hydrogens is 270 g/mol. The second kappa shape index (κ2) is 4.41. The van der Waals surface area contributed by atoms with Gasteiger partial charge in [-0.15, -0.1) is 0 Å². The van der Waals surface area contributed by atoms with Crippen molar-refractivity contribution in [1.82, 2.24) is 9.55 Å². The van der Waals surface area contributed by atoms with Crippen molar-refractivity contribution in [3.05, 3.63) is 31.5 Å². The highest BCUT2D eigenvalue weighted by molar-refractivity contribution is 9.10. The molecule has 1 rings (SSSR count). The van der Waals surface area contributed by atoms with Crippen LogP contribution in [0.4, 0.5) is 0 Å². The maximum Gasteiger partial charge on any atom is 0.328 e. The molecule has 82 valence electrons. The molecule has 0 aromatic carbocycles. The maximum atomic E-state index is 11.2. The standard InChI is InChI=1S/C7H8BrN3O4/c8-3-1-11(2-4(9)6(13)14)7(15)10-5(3)12/h1,4H,2,9H2,(H,13,14)(H,10,12,15)/t4-/m0/s1. The number of rotatable bonds is 3. The number of hydrogen-bond donors (Lipinski definition) is 3. The molecule has 0 aliphatic carbocycles. The molecule has 1 heterocycles. The molecule has 15 heavy (non-hydrogen) atoms. The van der Waals surface area contributed by atoms with Crippen LogP contribution in [0.25, 0.3) is 0 Å². The van der Waals surface area contributed by atoms with Gasteiger partial charge in [-0.25, -0.2) is 4.79 Å². The van der Waals surface area contributed by atoms with Crippen LogP contribution in [0.1, 0.15) is 0 Å². The third-order valence-corrected chi connectivity index (χ3v) is 2.24. The van der Waals surface area contributed by atoms with E-state index < -0.39 is 23.3 Å². The molecule has 0 fully saturated rings. The SMILES string of the molecule is N[C@@H](Cn1cc(Br)c(=O)[nH]c1=O)C(=O)O. The predicted molar refractivity (Wildman–Crippen MR) is 54.6 cm³/mol. The Bertz CT molecular complexity index is 492. The number of carboxylic acid groups (broad SMARTS) is 1. The Morgan fingerprint density at radius 2 is 2.27 bits per heavy atom. The van der Waals surface area contributed by atoms with E-state index in [9.17, 15) is 14.4 Å². The second-order valence-electron chi connectivity index (χ2n) is 2.83. The van der Waals surface area contributed by atoms with E-state index in [1.807, 2.05) is 4.98 Å². The Kier molecular flexibility index (Phi) is 3.43. The van der Waals surface area contributed by atoms with Crippen LogP contribution in [0, 0.1) is 0 Å². The van der Waals surface area contributed by atoms with Crippen molar-refractivity contribution in [2.45, 2.75) is 12.6 Å². The van der Waals surface area contributed by atoms with Crippen LogP contribution in [0.3, 0.4) is 0 Å². The van der Waals surface area contributed by atoms with Crippen molar-refractivity contribution in [3.8, 4) is 0 Å². The van der Waals surface area contributed by atoms with Crippen molar-refractivity contribution < 1.29 is 9.90 Å². The Morgan fingerprint density at radius 3 is 2.80 bits per heavy atom. The summed E-state index contributed by atoms with van der Waals surface area (Å²) in [6, 6.07) is -1.19. The number of hydrogen-bond acceptors (Lipinski definition) is 4. The lowest BCUT2D eigenvalue weighted by Gasteiger charge is -2.08. The van der Waals surface area contributed by atoms with E-state index in [1.165, 1.54) is 6.20 Å². The molecular formula is C7H8BrN3O4. The third-order valence-electron chi connectivity index (χ3n) is 1.68. The average Bonchev–Trinajstić information content (AvgIpc) is 2.13. The van der Waals surface area contributed by atoms with Gasteiger partial charge in [0.1, 0.15) is 6.04 Å². The topological polar surface area (TPSA) is 118 Å². The lowest BCUT2D eigenvalue weighted by molar-refractivity contribution is -0.138. The highest BCUT2D eigenvalue weighted by atomic mass is 79.9. The van der Waals surface area contributed by atoms with Crippen LogP contribution < -0.4 is 17.0 Å². The zero-order valence-electron chi connectivity index (χ0n) is 7.44. The van der Waals surface area contributed by atoms with Crippen molar-refractivity contribution in [3.63, 3.8) is 0 Å². The summed E-state index contributed by atoms with van der Waals surface area (Å²) in [7, 11) is 0. The minimum Gasteiger partial charge on any atom is -0.480 e. The van der Waals surface area contributed by atoms with Crippen LogP contribution >= 0.6 is 15.9 Å². The van der Waals surface area contributed by atoms with Crippen molar-refractivity contribution in [1.29, 1.82) is 0 Å². The van der Waals surface area contributed by atoms with Crippen LogP contribution in [-0.2, 0) is 11.3 Å². The van der Waals surface area contributed by atoms with E-state index in [0.717, 1.165) is 4.57 Å². The van der Waals surface area contributed by atoms with E-state index in [0.29, 0.717) is 0 Å². The molecule has 4 N–H and O–H groups in total. The average molecular weight is 278 g/mol. The van der Waals surface area contributed by atoms with Crippen molar-refractivity contribution >= 4 is 21.9 Å². The van der Waals surface area contributed by atoms with Crippen LogP contribution in [-0.4, -0.2) is 26.7 Å². The number of aromatic amines is 1.